The highest BCUT2D eigenvalue weighted by Crippen LogP contribution is 2.65. The number of amides is 2. The van der Waals surface area contributed by atoms with Crippen LogP contribution in [0.4, 0.5) is 0 Å². The Kier molecular flexibility index (Phi) is 4.57. The van der Waals surface area contributed by atoms with Crippen LogP contribution in [0.5, 0.6) is 0 Å². The van der Waals surface area contributed by atoms with Gasteiger partial charge >= 0.3 is 0 Å². The highest BCUT2D eigenvalue weighted by Gasteiger charge is 2.57. The molecule has 4 bridgehead atoms. The van der Waals surface area contributed by atoms with Gasteiger partial charge in [-0.15, -0.1) is 0 Å². The van der Waals surface area contributed by atoms with Crippen molar-refractivity contribution in [1.82, 2.24) is 10.6 Å². The average Bonchev–Trinajstić information content (AvgIpc) is 3.42. The van der Waals surface area contributed by atoms with E-state index in [0.717, 1.165) is 36.7 Å². The first-order chi connectivity index (χ1) is 13.4. The van der Waals surface area contributed by atoms with E-state index in [9.17, 15) is 9.59 Å². The topological polar surface area (TPSA) is 58.2 Å². The summed E-state index contributed by atoms with van der Waals surface area (Å²) in [4.78, 5) is 24.8. The van der Waals surface area contributed by atoms with Crippen LogP contribution in [0.25, 0.3) is 0 Å². The third kappa shape index (κ3) is 3.87. The zero-order valence-electron chi connectivity index (χ0n) is 16.3. The second kappa shape index (κ2) is 6.86. The van der Waals surface area contributed by atoms with Crippen LogP contribution in [0.1, 0.15) is 73.7 Å². The van der Waals surface area contributed by atoms with Gasteiger partial charge in [0.1, 0.15) is 0 Å². The van der Waals surface area contributed by atoms with Crippen LogP contribution < -0.4 is 10.6 Å². The molecule has 0 radical (unpaired) electrons. The summed E-state index contributed by atoms with van der Waals surface area (Å²) in [6.07, 6.45) is 10.4. The number of nitrogens with one attached hydrogen (secondary N) is 2. The summed E-state index contributed by atoms with van der Waals surface area (Å²) in [7, 11) is 0. The maximum absolute atomic E-state index is 12.7. The van der Waals surface area contributed by atoms with Crippen molar-refractivity contribution in [3.63, 3.8) is 0 Å². The van der Waals surface area contributed by atoms with E-state index >= 15 is 0 Å². The molecule has 5 heteroatoms. The minimum Gasteiger partial charge on any atom is -0.352 e. The lowest BCUT2D eigenvalue weighted by Crippen LogP contribution is -2.54. The van der Waals surface area contributed by atoms with E-state index in [1.807, 2.05) is 24.3 Å². The number of hydrogen-bond donors (Lipinski definition) is 2. The standard InChI is InChI=1S/C23H29BrN2O2/c24-23-10-16-7-17(11-23)9-22(8-16,14-23)12-20(27)25-13-15-1-3-18(4-2-15)21(28)26-19-5-6-19/h1-4,16-17,19H,5-14H2,(H,25,27)(H,26,28). The van der Waals surface area contributed by atoms with Crippen LogP contribution in [-0.4, -0.2) is 22.2 Å². The lowest BCUT2D eigenvalue weighted by atomic mass is 9.48. The van der Waals surface area contributed by atoms with E-state index in [0.29, 0.717) is 28.9 Å². The summed E-state index contributed by atoms with van der Waals surface area (Å²) in [5, 5.41) is 6.13. The molecule has 4 nitrogen and oxygen atoms in total. The molecule has 28 heavy (non-hydrogen) atoms. The molecule has 0 spiro atoms. The summed E-state index contributed by atoms with van der Waals surface area (Å²) in [5.74, 6) is 1.79. The third-order valence-corrected chi connectivity index (χ3v) is 8.19. The Hall–Kier alpha value is -1.36. The zero-order chi connectivity index (χ0) is 19.4. The monoisotopic (exact) mass is 444 g/mol. The normalized spacial score (nSPS) is 35.6. The van der Waals surface area contributed by atoms with Gasteiger partial charge < -0.3 is 10.6 Å². The van der Waals surface area contributed by atoms with Crippen molar-refractivity contribution < 1.29 is 9.59 Å². The number of carbonyl (C=O) groups excluding carboxylic acids is 2. The minimum absolute atomic E-state index is 0.00334. The number of hydrogen-bond acceptors (Lipinski definition) is 2. The maximum atomic E-state index is 12.7. The van der Waals surface area contributed by atoms with Gasteiger partial charge in [-0.25, -0.2) is 0 Å². The van der Waals surface area contributed by atoms with Crippen molar-refractivity contribution in [2.24, 2.45) is 17.3 Å². The van der Waals surface area contributed by atoms with Crippen molar-refractivity contribution >= 4 is 27.7 Å². The number of halogens is 1. The summed E-state index contributed by atoms with van der Waals surface area (Å²) in [5.41, 5.74) is 1.94. The summed E-state index contributed by atoms with van der Waals surface area (Å²) in [6, 6.07) is 7.97. The van der Waals surface area contributed by atoms with Crippen molar-refractivity contribution in [3.05, 3.63) is 35.4 Å². The van der Waals surface area contributed by atoms with E-state index in [1.165, 1.54) is 32.1 Å². The van der Waals surface area contributed by atoms with Gasteiger partial charge in [0, 0.05) is 28.9 Å². The molecule has 0 heterocycles. The molecule has 2 N–H and O–H groups in total. The molecule has 0 aliphatic heterocycles. The zero-order valence-corrected chi connectivity index (χ0v) is 17.9. The lowest BCUT2D eigenvalue weighted by Gasteiger charge is -2.60. The SMILES string of the molecule is O=C(CC12CC3CC(CC(Br)(C3)C1)C2)NCc1ccc(C(=O)NC2CC2)cc1. The molecule has 1 aromatic rings. The van der Waals surface area contributed by atoms with Gasteiger partial charge in [-0.3, -0.25) is 9.59 Å². The predicted molar refractivity (Wildman–Crippen MR) is 112 cm³/mol. The first kappa shape index (κ1) is 18.7. The molecule has 150 valence electrons. The third-order valence-electron chi connectivity index (χ3n) is 7.26. The Bertz CT molecular complexity index is 772. The van der Waals surface area contributed by atoms with E-state index in [-0.39, 0.29) is 17.2 Å². The Morgan fingerprint density at radius 3 is 2.32 bits per heavy atom. The first-order valence-corrected chi connectivity index (χ1v) is 11.6. The molecule has 0 saturated heterocycles. The molecule has 2 atom stereocenters. The van der Waals surface area contributed by atoms with Crippen LogP contribution >= 0.6 is 15.9 Å². The highest BCUT2D eigenvalue weighted by molar-refractivity contribution is 9.10. The number of rotatable bonds is 6. The molecular formula is C23H29BrN2O2. The molecule has 5 saturated carbocycles. The number of benzene rings is 1. The van der Waals surface area contributed by atoms with Crippen LogP contribution in [-0.2, 0) is 11.3 Å². The molecule has 5 aliphatic rings. The fourth-order valence-electron chi connectivity index (χ4n) is 6.42. The van der Waals surface area contributed by atoms with Crippen molar-refractivity contribution in [1.29, 1.82) is 0 Å². The minimum atomic E-state index is 0.00334. The molecular weight excluding hydrogens is 416 g/mol. The summed E-state index contributed by atoms with van der Waals surface area (Å²) >= 11 is 4.03. The van der Waals surface area contributed by atoms with E-state index in [1.54, 1.807) is 0 Å². The van der Waals surface area contributed by atoms with Gasteiger partial charge in [0.25, 0.3) is 5.91 Å². The molecule has 5 aliphatic carbocycles. The van der Waals surface area contributed by atoms with Crippen molar-refractivity contribution in [2.75, 3.05) is 0 Å². The van der Waals surface area contributed by atoms with Gasteiger partial charge in [0.2, 0.25) is 5.91 Å². The predicted octanol–water partition coefficient (Wildman–Crippen LogP) is 4.32. The fourth-order valence-corrected chi connectivity index (χ4v) is 7.93. The molecule has 5 fully saturated rings. The summed E-state index contributed by atoms with van der Waals surface area (Å²) < 4.78 is 0.300. The molecule has 1 aromatic carbocycles. The highest BCUT2D eigenvalue weighted by atomic mass is 79.9. The fraction of sp³-hybridized carbons (Fsp3) is 0.652. The van der Waals surface area contributed by atoms with Crippen LogP contribution in [0, 0.1) is 17.3 Å². The Balaban J connectivity index is 1.15. The second-order valence-corrected chi connectivity index (χ2v) is 11.7. The Morgan fingerprint density at radius 2 is 1.71 bits per heavy atom. The number of alkyl halides is 1. The molecule has 6 rings (SSSR count). The molecule has 2 unspecified atom stereocenters. The Morgan fingerprint density at radius 1 is 1.04 bits per heavy atom. The van der Waals surface area contributed by atoms with Crippen molar-refractivity contribution in [2.45, 2.75) is 74.7 Å². The van der Waals surface area contributed by atoms with E-state index in [4.69, 9.17) is 0 Å². The van der Waals surface area contributed by atoms with Gasteiger partial charge in [-0.2, -0.15) is 0 Å². The average molecular weight is 445 g/mol. The van der Waals surface area contributed by atoms with E-state index in [2.05, 4.69) is 26.6 Å². The van der Waals surface area contributed by atoms with Crippen LogP contribution in [0.15, 0.2) is 24.3 Å². The van der Waals surface area contributed by atoms with Gasteiger partial charge in [-0.05, 0) is 86.3 Å². The van der Waals surface area contributed by atoms with Gasteiger partial charge in [0.05, 0.1) is 0 Å². The maximum Gasteiger partial charge on any atom is 0.251 e. The van der Waals surface area contributed by atoms with Crippen LogP contribution in [0.3, 0.4) is 0 Å². The Labute approximate surface area is 175 Å². The smallest absolute Gasteiger partial charge is 0.251 e. The molecule has 0 aromatic heterocycles. The molecule has 2 amide bonds. The largest absolute Gasteiger partial charge is 0.352 e. The van der Waals surface area contributed by atoms with Gasteiger partial charge in [-0.1, -0.05) is 28.1 Å². The van der Waals surface area contributed by atoms with Crippen molar-refractivity contribution in [3.8, 4) is 0 Å². The lowest BCUT2D eigenvalue weighted by molar-refractivity contribution is -0.128. The quantitative estimate of drug-likeness (QED) is 0.641. The van der Waals surface area contributed by atoms with Gasteiger partial charge in [0.15, 0.2) is 0 Å². The van der Waals surface area contributed by atoms with E-state index < -0.39 is 0 Å². The summed E-state index contributed by atoms with van der Waals surface area (Å²) in [6.45, 7) is 0.533. The first-order valence-electron chi connectivity index (χ1n) is 10.8. The second-order valence-electron chi connectivity index (χ2n) is 10.0. The number of carbonyl (C=O) groups is 2. The van der Waals surface area contributed by atoms with Crippen LogP contribution in [0.2, 0.25) is 0 Å².